The van der Waals surface area contributed by atoms with Gasteiger partial charge in [0.05, 0.1) is 21.8 Å². The number of amides is 2. The Hall–Kier alpha value is -2.91. The second-order valence-corrected chi connectivity index (χ2v) is 5.29. The molecule has 0 fully saturated rings. The van der Waals surface area contributed by atoms with E-state index in [0.29, 0.717) is 16.4 Å². The number of thiazole rings is 1. The second-order valence-electron chi connectivity index (χ2n) is 4.26. The first-order chi connectivity index (χ1) is 10.2. The number of hydrogen-bond acceptors (Lipinski definition) is 4. The highest BCUT2D eigenvalue weighted by atomic mass is 32.1. The van der Waals surface area contributed by atoms with E-state index >= 15 is 0 Å². The van der Waals surface area contributed by atoms with Crippen LogP contribution in [0.15, 0.2) is 48.5 Å². The van der Waals surface area contributed by atoms with Crippen LogP contribution < -0.4 is 10.6 Å². The van der Waals surface area contributed by atoms with Gasteiger partial charge in [-0.15, -0.1) is 0 Å². The summed E-state index contributed by atoms with van der Waals surface area (Å²) < 4.78 is 1.02. The Morgan fingerprint density at radius 3 is 2.57 bits per heavy atom. The lowest BCUT2D eigenvalue weighted by Crippen LogP contribution is -2.19. The first-order valence-electron chi connectivity index (χ1n) is 6.18. The number of hydrogen-bond donors (Lipinski definition) is 2. The molecule has 3 aromatic rings. The van der Waals surface area contributed by atoms with Crippen molar-refractivity contribution in [3.05, 3.63) is 54.1 Å². The highest BCUT2D eigenvalue weighted by Crippen LogP contribution is 2.25. The third kappa shape index (κ3) is 2.99. The monoisotopic (exact) mass is 294 g/mol. The van der Waals surface area contributed by atoms with Crippen LogP contribution in [0.3, 0.4) is 0 Å². The van der Waals surface area contributed by atoms with Gasteiger partial charge >= 0.3 is 6.03 Å². The zero-order chi connectivity index (χ0) is 14.7. The Morgan fingerprint density at radius 2 is 1.86 bits per heavy atom. The first-order valence-corrected chi connectivity index (χ1v) is 7.00. The van der Waals surface area contributed by atoms with Gasteiger partial charge in [-0.05, 0) is 36.4 Å². The van der Waals surface area contributed by atoms with Crippen molar-refractivity contribution in [2.24, 2.45) is 0 Å². The number of nitrogens with zero attached hydrogens (tertiary/aromatic N) is 2. The number of benzene rings is 2. The minimum absolute atomic E-state index is 0.362. The number of rotatable bonds is 2. The molecule has 0 radical (unpaired) electrons. The SMILES string of the molecule is N#Cc1ccc(NC(=O)Nc2nc3ccccc3s2)cc1. The molecule has 21 heavy (non-hydrogen) atoms. The van der Waals surface area contributed by atoms with E-state index < -0.39 is 0 Å². The van der Waals surface area contributed by atoms with Gasteiger partial charge in [0.25, 0.3) is 0 Å². The van der Waals surface area contributed by atoms with E-state index in [2.05, 4.69) is 15.6 Å². The maximum Gasteiger partial charge on any atom is 0.325 e. The molecule has 102 valence electrons. The molecule has 0 aliphatic rings. The fraction of sp³-hybridized carbons (Fsp3) is 0. The van der Waals surface area contributed by atoms with Gasteiger partial charge in [-0.3, -0.25) is 5.32 Å². The van der Waals surface area contributed by atoms with Crippen LogP contribution in [-0.2, 0) is 0 Å². The lowest BCUT2D eigenvalue weighted by molar-refractivity contribution is 0.262. The zero-order valence-electron chi connectivity index (χ0n) is 10.8. The smallest absolute Gasteiger partial charge is 0.308 e. The van der Waals surface area contributed by atoms with Gasteiger partial charge in [-0.1, -0.05) is 23.5 Å². The molecule has 6 heteroatoms. The van der Waals surface area contributed by atoms with Crippen molar-refractivity contribution in [2.45, 2.75) is 0 Å². The fourth-order valence-electron chi connectivity index (χ4n) is 1.81. The molecule has 0 aliphatic heterocycles. The largest absolute Gasteiger partial charge is 0.325 e. The van der Waals surface area contributed by atoms with E-state index in [1.807, 2.05) is 30.3 Å². The highest BCUT2D eigenvalue weighted by molar-refractivity contribution is 7.22. The van der Waals surface area contributed by atoms with Gasteiger partial charge in [0.15, 0.2) is 5.13 Å². The number of nitrogens with one attached hydrogen (secondary N) is 2. The van der Waals surface area contributed by atoms with Crippen molar-refractivity contribution in [1.82, 2.24) is 4.98 Å². The molecule has 0 aliphatic carbocycles. The van der Waals surface area contributed by atoms with Crippen molar-refractivity contribution in [3.63, 3.8) is 0 Å². The van der Waals surface area contributed by atoms with E-state index in [9.17, 15) is 4.79 Å². The summed E-state index contributed by atoms with van der Waals surface area (Å²) in [5.41, 5.74) is 2.02. The van der Waals surface area contributed by atoms with Crippen LogP contribution in [0.4, 0.5) is 15.6 Å². The molecule has 0 unspecified atom stereocenters. The molecule has 0 saturated heterocycles. The molecular weight excluding hydrogens is 284 g/mol. The molecule has 0 spiro atoms. The molecule has 1 aromatic heterocycles. The number of urea groups is 1. The van der Waals surface area contributed by atoms with Crippen molar-refractivity contribution in [2.75, 3.05) is 10.6 Å². The Bertz CT molecular complexity index is 800. The third-order valence-electron chi connectivity index (χ3n) is 2.79. The average Bonchev–Trinajstić information content (AvgIpc) is 2.90. The van der Waals surface area contributed by atoms with E-state index in [-0.39, 0.29) is 6.03 Å². The Kier molecular flexibility index (Phi) is 3.50. The van der Waals surface area contributed by atoms with Gasteiger partial charge in [-0.25, -0.2) is 9.78 Å². The van der Waals surface area contributed by atoms with E-state index in [1.165, 1.54) is 11.3 Å². The third-order valence-corrected chi connectivity index (χ3v) is 3.74. The standard InChI is InChI=1S/C15H10N4OS/c16-9-10-5-7-11(8-6-10)17-14(20)19-15-18-12-3-1-2-4-13(12)21-15/h1-8H,(H2,17,18,19,20). The van der Waals surface area contributed by atoms with Crippen molar-refractivity contribution in [3.8, 4) is 6.07 Å². The number of anilines is 2. The van der Waals surface area contributed by atoms with Crippen LogP contribution in [-0.4, -0.2) is 11.0 Å². The summed E-state index contributed by atoms with van der Waals surface area (Å²) >= 11 is 1.42. The molecule has 0 atom stereocenters. The quantitative estimate of drug-likeness (QED) is 0.754. The predicted octanol–water partition coefficient (Wildman–Crippen LogP) is 3.81. The van der Waals surface area contributed by atoms with E-state index in [4.69, 9.17) is 5.26 Å². The summed E-state index contributed by atoms with van der Waals surface area (Å²) in [5.74, 6) is 0. The Labute approximate surface area is 124 Å². The van der Waals surface area contributed by atoms with Crippen LogP contribution in [0, 0.1) is 11.3 Å². The van der Waals surface area contributed by atoms with Crippen LogP contribution >= 0.6 is 11.3 Å². The van der Waals surface area contributed by atoms with E-state index in [0.717, 1.165) is 10.2 Å². The fourth-order valence-corrected chi connectivity index (χ4v) is 2.67. The Balaban J connectivity index is 1.69. The van der Waals surface area contributed by atoms with Crippen molar-refractivity contribution >= 4 is 38.4 Å². The molecule has 2 N–H and O–H groups in total. The Morgan fingerprint density at radius 1 is 1.10 bits per heavy atom. The van der Waals surface area contributed by atoms with Gasteiger partial charge in [0, 0.05) is 5.69 Å². The minimum Gasteiger partial charge on any atom is -0.308 e. The van der Waals surface area contributed by atoms with Crippen molar-refractivity contribution in [1.29, 1.82) is 5.26 Å². The topological polar surface area (TPSA) is 77.8 Å². The normalized spacial score (nSPS) is 10.0. The molecular formula is C15H10N4OS. The molecule has 0 saturated carbocycles. The van der Waals surface area contributed by atoms with Gasteiger partial charge < -0.3 is 5.32 Å². The number of fused-ring (bicyclic) bond motifs is 1. The number of carbonyl (C=O) groups is 1. The number of nitriles is 1. The summed E-state index contributed by atoms with van der Waals surface area (Å²) in [6.07, 6.45) is 0. The molecule has 2 aromatic carbocycles. The first kappa shape index (κ1) is 13.1. The van der Waals surface area contributed by atoms with Gasteiger partial charge in [0.2, 0.25) is 0 Å². The van der Waals surface area contributed by atoms with Crippen molar-refractivity contribution < 1.29 is 4.79 Å². The molecule has 3 rings (SSSR count). The number of carbonyl (C=O) groups excluding carboxylic acids is 1. The lowest BCUT2D eigenvalue weighted by atomic mass is 10.2. The molecule has 0 bridgehead atoms. The number of para-hydroxylation sites is 1. The summed E-state index contributed by atoms with van der Waals surface area (Å²) in [6, 6.07) is 16.0. The van der Waals surface area contributed by atoms with Gasteiger partial charge in [0.1, 0.15) is 0 Å². The minimum atomic E-state index is -0.362. The van der Waals surface area contributed by atoms with E-state index in [1.54, 1.807) is 24.3 Å². The average molecular weight is 294 g/mol. The molecule has 5 nitrogen and oxygen atoms in total. The molecule has 2 amide bonds. The summed E-state index contributed by atoms with van der Waals surface area (Å²) in [4.78, 5) is 16.2. The van der Waals surface area contributed by atoms with Crippen LogP contribution in [0.25, 0.3) is 10.2 Å². The maximum absolute atomic E-state index is 11.9. The lowest BCUT2D eigenvalue weighted by Gasteiger charge is -2.04. The molecule has 1 heterocycles. The maximum atomic E-state index is 11.9. The van der Waals surface area contributed by atoms with Crippen LogP contribution in [0.2, 0.25) is 0 Å². The summed E-state index contributed by atoms with van der Waals surface area (Å²) in [6.45, 7) is 0. The second kappa shape index (κ2) is 5.61. The number of aromatic nitrogens is 1. The zero-order valence-corrected chi connectivity index (χ0v) is 11.6. The van der Waals surface area contributed by atoms with Crippen LogP contribution in [0.5, 0.6) is 0 Å². The highest BCUT2D eigenvalue weighted by Gasteiger charge is 2.07. The van der Waals surface area contributed by atoms with Gasteiger partial charge in [-0.2, -0.15) is 5.26 Å². The predicted molar refractivity (Wildman–Crippen MR) is 83.4 cm³/mol. The van der Waals surface area contributed by atoms with Crippen LogP contribution in [0.1, 0.15) is 5.56 Å². The summed E-state index contributed by atoms with van der Waals surface area (Å²) in [5, 5.41) is 14.7. The summed E-state index contributed by atoms with van der Waals surface area (Å²) in [7, 11) is 0.